The van der Waals surface area contributed by atoms with Crippen LogP contribution >= 0.6 is 0 Å². The summed E-state index contributed by atoms with van der Waals surface area (Å²) in [5.41, 5.74) is 0.804. The zero-order valence-electron chi connectivity index (χ0n) is 15.9. The molecule has 0 saturated carbocycles. The number of carbonyl (C=O) groups excluding carboxylic acids is 1. The number of carbonyl (C=O) groups is 1. The molecule has 160 valence electrons. The molecule has 0 fully saturated rings. The molecule has 1 atom stereocenters. The van der Waals surface area contributed by atoms with Crippen LogP contribution in [0.25, 0.3) is 0 Å². The van der Waals surface area contributed by atoms with Crippen LogP contribution in [0.15, 0.2) is 71.6 Å². The molecule has 0 saturated heterocycles. The van der Waals surface area contributed by atoms with Gasteiger partial charge < -0.3 is 10.6 Å². The van der Waals surface area contributed by atoms with Gasteiger partial charge in [0.05, 0.1) is 4.90 Å². The molecule has 3 aromatic rings. The van der Waals surface area contributed by atoms with Crippen molar-refractivity contribution < 1.29 is 22.2 Å². The Hall–Kier alpha value is -3.50. The maximum absolute atomic E-state index is 13.6. The SMILES string of the molecule is N=C(F)c1cccc(NC(=O)Nc2ccc(S(=O)NCc3cc(F)ccc3F)cc2)c1. The molecule has 10 heteroatoms. The molecular formula is C21H17F3N4O2S. The van der Waals surface area contributed by atoms with Gasteiger partial charge in [-0.2, -0.15) is 4.39 Å². The average Bonchev–Trinajstić information content (AvgIpc) is 2.74. The van der Waals surface area contributed by atoms with Gasteiger partial charge >= 0.3 is 6.03 Å². The molecule has 3 aromatic carbocycles. The molecule has 0 aromatic heterocycles. The molecule has 3 rings (SSSR count). The second-order valence-electron chi connectivity index (χ2n) is 6.32. The normalized spacial score (nSPS) is 11.6. The second kappa shape index (κ2) is 10.0. The Labute approximate surface area is 178 Å². The Morgan fingerprint density at radius 2 is 1.65 bits per heavy atom. The Morgan fingerprint density at radius 1 is 0.935 bits per heavy atom. The largest absolute Gasteiger partial charge is 0.323 e. The third-order valence-corrected chi connectivity index (χ3v) is 5.21. The van der Waals surface area contributed by atoms with Gasteiger partial charge in [0.2, 0.25) is 5.97 Å². The zero-order valence-corrected chi connectivity index (χ0v) is 16.7. The molecule has 0 aliphatic heterocycles. The summed E-state index contributed by atoms with van der Waals surface area (Å²) < 4.78 is 54.7. The van der Waals surface area contributed by atoms with Crippen molar-refractivity contribution in [1.29, 1.82) is 5.41 Å². The molecule has 31 heavy (non-hydrogen) atoms. The predicted molar refractivity (Wildman–Crippen MR) is 113 cm³/mol. The van der Waals surface area contributed by atoms with Crippen molar-refractivity contribution in [3.05, 3.63) is 89.5 Å². The number of urea groups is 1. The first-order valence-corrected chi connectivity index (χ1v) is 10.1. The van der Waals surface area contributed by atoms with E-state index in [2.05, 4.69) is 15.4 Å². The van der Waals surface area contributed by atoms with E-state index < -0.39 is 34.6 Å². The molecule has 0 aliphatic rings. The van der Waals surface area contributed by atoms with E-state index in [4.69, 9.17) is 5.41 Å². The summed E-state index contributed by atoms with van der Waals surface area (Å²) in [5.74, 6) is -2.31. The lowest BCUT2D eigenvalue weighted by molar-refractivity contribution is 0.262. The highest BCUT2D eigenvalue weighted by Crippen LogP contribution is 2.15. The van der Waals surface area contributed by atoms with Crippen LogP contribution in [0.3, 0.4) is 0 Å². The van der Waals surface area contributed by atoms with Crippen molar-refractivity contribution >= 4 is 34.4 Å². The first-order valence-electron chi connectivity index (χ1n) is 8.93. The molecule has 0 heterocycles. The van der Waals surface area contributed by atoms with Crippen LogP contribution in [0.2, 0.25) is 0 Å². The standard InChI is InChI=1S/C21H17F3N4O2S/c22-15-4-9-19(23)14(10-15)12-26-31(30)18-7-5-16(6-8-18)27-21(29)28-17-3-1-2-13(11-17)20(24)25/h1-11,25-26H,12H2,(H2,27,28,29). The van der Waals surface area contributed by atoms with Gasteiger partial charge in [-0.1, -0.05) is 12.1 Å². The third kappa shape index (κ3) is 6.24. The molecule has 1 unspecified atom stereocenters. The maximum Gasteiger partial charge on any atom is 0.323 e. The monoisotopic (exact) mass is 446 g/mol. The Kier molecular flexibility index (Phi) is 7.16. The van der Waals surface area contributed by atoms with Crippen molar-refractivity contribution in [2.24, 2.45) is 0 Å². The number of hydrogen-bond donors (Lipinski definition) is 4. The van der Waals surface area contributed by atoms with Gasteiger partial charge in [-0.05, 0) is 54.6 Å². The van der Waals surface area contributed by atoms with Gasteiger partial charge in [-0.25, -0.2) is 22.5 Å². The number of rotatable bonds is 7. The first kappa shape index (κ1) is 22.2. The zero-order chi connectivity index (χ0) is 22.4. The van der Waals surface area contributed by atoms with Crippen LogP contribution in [0.5, 0.6) is 0 Å². The Balaban J connectivity index is 1.56. The van der Waals surface area contributed by atoms with E-state index >= 15 is 0 Å². The minimum Gasteiger partial charge on any atom is -0.308 e. The summed E-state index contributed by atoms with van der Waals surface area (Å²) in [4.78, 5) is 12.5. The highest BCUT2D eigenvalue weighted by molar-refractivity contribution is 7.83. The van der Waals surface area contributed by atoms with Crippen LogP contribution in [0.1, 0.15) is 11.1 Å². The van der Waals surface area contributed by atoms with Crippen molar-refractivity contribution in [3.63, 3.8) is 0 Å². The predicted octanol–water partition coefficient (Wildman–Crippen LogP) is 4.72. The molecule has 0 spiro atoms. The Bertz CT molecular complexity index is 1140. The van der Waals surface area contributed by atoms with E-state index in [1.807, 2.05) is 0 Å². The first-order chi connectivity index (χ1) is 14.8. The topological polar surface area (TPSA) is 94.1 Å². The lowest BCUT2D eigenvalue weighted by Crippen LogP contribution is -2.20. The number of benzene rings is 3. The number of amides is 2. The molecule has 4 N–H and O–H groups in total. The Morgan fingerprint density at radius 3 is 2.35 bits per heavy atom. The fraction of sp³-hybridized carbons (Fsp3) is 0.0476. The summed E-state index contributed by atoms with van der Waals surface area (Å²) >= 11 is 0. The third-order valence-electron chi connectivity index (χ3n) is 4.10. The van der Waals surface area contributed by atoms with Gasteiger partial charge in [-0.15, -0.1) is 0 Å². The van der Waals surface area contributed by atoms with E-state index in [1.165, 1.54) is 42.5 Å². The molecular weight excluding hydrogens is 429 g/mol. The van der Waals surface area contributed by atoms with Crippen LogP contribution in [0.4, 0.5) is 29.3 Å². The van der Waals surface area contributed by atoms with Crippen molar-refractivity contribution in [3.8, 4) is 0 Å². The van der Waals surface area contributed by atoms with E-state index in [0.717, 1.165) is 18.2 Å². The van der Waals surface area contributed by atoms with Crippen LogP contribution in [-0.2, 0) is 17.5 Å². The van der Waals surface area contributed by atoms with E-state index in [1.54, 1.807) is 6.07 Å². The molecule has 0 aliphatic carbocycles. The van der Waals surface area contributed by atoms with Gasteiger partial charge in [0, 0.05) is 29.0 Å². The lowest BCUT2D eigenvalue weighted by Gasteiger charge is -2.10. The van der Waals surface area contributed by atoms with Crippen molar-refractivity contribution in [2.75, 3.05) is 10.6 Å². The summed E-state index contributed by atoms with van der Waals surface area (Å²) in [6, 6.07) is 14.3. The van der Waals surface area contributed by atoms with Gasteiger partial charge in [0.25, 0.3) is 0 Å². The quantitative estimate of drug-likeness (QED) is 0.396. The van der Waals surface area contributed by atoms with E-state index in [0.29, 0.717) is 16.3 Å². The van der Waals surface area contributed by atoms with Crippen molar-refractivity contribution in [1.82, 2.24) is 4.72 Å². The lowest BCUT2D eigenvalue weighted by atomic mass is 10.2. The minimum absolute atomic E-state index is 0.0373. The van der Waals surface area contributed by atoms with Crippen LogP contribution < -0.4 is 15.4 Å². The minimum atomic E-state index is -1.68. The maximum atomic E-state index is 13.6. The molecule has 2 amide bonds. The fourth-order valence-electron chi connectivity index (χ4n) is 2.59. The molecule has 0 bridgehead atoms. The van der Waals surface area contributed by atoms with Gasteiger partial charge in [-0.3, -0.25) is 5.41 Å². The number of hydrogen-bond acceptors (Lipinski definition) is 3. The fourth-order valence-corrected chi connectivity index (χ4v) is 3.43. The molecule has 0 radical (unpaired) electrons. The summed E-state index contributed by atoms with van der Waals surface area (Å²) in [7, 11) is -1.68. The molecule has 6 nitrogen and oxygen atoms in total. The smallest absolute Gasteiger partial charge is 0.308 e. The number of nitrogens with one attached hydrogen (secondary N) is 4. The number of anilines is 2. The highest BCUT2D eigenvalue weighted by Gasteiger charge is 2.09. The van der Waals surface area contributed by atoms with E-state index in [9.17, 15) is 22.2 Å². The van der Waals surface area contributed by atoms with Gasteiger partial charge in [0.15, 0.2) is 0 Å². The summed E-state index contributed by atoms with van der Waals surface area (Å²) in [6.07, 6.45) is 0. The van der Waals surface area contributed by atoms with E-state index in [-0.39, 0.29) is 17.7 Å². The van der Waals surface area contributed by atoms with Crippen LogP contribution in [-0.4, -0.2) is 16.2 Å². The highest BCUT2D eigenvalue weighted by atomic mass is 32.2. The average molecular weight is 446 g/mol. The second-order valence-corrected chi connectivity index (χ2v) is 7.62. The van der Waals surface area contributed by atoms with Gasteiger partial charge in [0.1, 0.15) is 22.6 Å². The summed E-state index contributed by atoms with van der Waals surface area (Å²) in [5, 5.41) is 12.1. The summed E-state index contributed by atoms with van der Waals surface area (Å²) in [6.45, 7) is -0.131. The van der Waals surface area contributed by atoms with Crippen molar-refractivity contribution in [2.45, 2.75) is 11.4 Å². The number of halogens is 3. The van der Waals surface area contributed by atoms with Crippen LogP contribution in [0, 0.1) is 17.0 Å².